The minimum Gasteiger partial charge on any atom is -0.479 e. The number of nitrogens with zero attached hydrogens (tertiary/aromatic N) is 2. The van der Waals surface area contributed by atoms with E-state index in [1.54, 1.807) is 41.5 Å². The number of benzene rings is 1. The Labute approximate surface area is 237 Å². The smallest absolute Gasteiger partial charge is 0.410 e. The summed E-state index contributed by atoms with van der Waals surface area (Å²) in [6, 6.07) is 3.95. The molecule has 2 heterocycles. The van der Waals surface area contributed by atoms with Crippen LogP contribution in [0.3, 0.4) is 0 Å². The summed E-state index contributed by atoms with van der Waals surface area (Å²) >= 11 is 5.60. The number of carboxylic acids is 1. The normalized spacial score (nSPS) is 19.6. The Hall–Kier alpha value is -3.16. The van der Waals surface area contributed by atoms with Crippen molar-refractivity contribution in [2.75, 3.05) is 44.7 Å². The number of anilines is 1. The summed E-state index contributed by atoms with van der Waals surface area (Å²) < 4.78 is 34.2. The molecule has 3 amide bonds. The first-order valence-electron chi connectivity index (χ1n) is 12.6. The van der Waals surface area contributed by atoms with Crippen LogP contribution >= 0.6 is 11.6 Å². The summed E-state index contributed by atoms with van der Waals surface area (Å²) in [6.07, 6.45) is -2.81. The second kappa shape index (κ2) is 14.0. The van der Waals surface area contributed by atoms with Crippen LogP contribution in [-0.4, -0.2) is 102 Å². The lowest BCUT2D eigenvalue weighted by atomic mass is 10.2. The van der Waals surface area contributed by atoms with Gasteiger partial charge in [-0.1, -0.05) is 11.6 Å². The van der Waals surface area contributed by atoms with Crippen LogP contribution in [0.25, 0.3) is 0 Å². The van der Waals surface area contributed by atoms with E-state index in [4.69, 9.17) is 35.7 Å². The lowest BCUT2D eigenvalue weighted by molar-refractivity contribution is -0.155. The highest BCUT2D eigenvalue weighted by atomic mass is 35.5. The predicted octanol–water partition coefficient (Wildman–Crippen LogP) is 3.76. The average Bonchev–Trinajstić information content (AvgIpc) is 2.85. The number of hydrogen-bond donors (Lipinski definition) is 2. The second-order valence-corrected chi connectivity index (χ2v) is 11.4. The molecule has 40 heavy (non-hydrogen) atoms. The number of halogens is 2. The van der Waals surface area contributed by atoms with Crippen molar-refractivity contribution in [1.82, 2.24) is 9.80 Å². The van der Waals surface area contributed by atoms with Gasteiger partial charge in [0.05, 0.1) is 31.3 Å². The third-order valence-electron chi connectivity index (χ3n) is 5.19. The van der Waals surface area contributed by atoms with Crippen molar-refractivity contribution in [1.29, 1.82) is 0 Å². The van der Waals surface area contributed by atoms with Gasteiger partial charge in [-0.2, -0.15) is 0 Å². The molecule has 2 unspecified atom stereocenters. The Morgan fingerprint density at radius 1 is 0.925 bits per heavy atom. The van der Waals surface area contributed by atoms with Gasteiger partial charge in [0, 0.05) is 18.8 Å². The van der Waals surface area contributed by atoms with Crippen LogP contribution in [0.2, 0.25) is 5.02 Å². The van der Waals surface area contributed by atoms with Crippen molar-refractivity contribution in [3.63, 3.8) is 0 Å². The molecule has 0 aliphatic carbocycles. The van der Waals surface area contributed by atoms with Crippen molar-refractivity contribution < 1.29 is 47.6 Å². The fourth-order valence-electron chi connectivity index (χ4n) is 3.39. The lowest BCUT2D eigenvalue weighted by Gasteiger charge is -2.33. The Balaban J connectivity index is 0.000000305. The highest BCUT2D eigenvalue weighted by Crippen LogP contribution is 2.20. The first-order chi connectivity index (χ1) is 18.4. The van der Waals surface area contributed by atoms with Crippen molar-refractivity contribution in [3.05, 3.63) is 29.0 Å². The van der Waals surface area contributed by atoms with E-state index in [1.165, 1.54) is 21.9 Å². The van der Waals surface area contributed by atoms with Crippen LogP contribution in [0.4, 0.5) is 19.7 Å². The third-order valence-corrected chi connectivity index (χ3v) is 5.50. The van der Waals surface area contributed by atoms with Crippen molar-refractivity contribution >= 4 is 41.4 Å². The van der Waals surface area contributed by atoms with Gasteiger partial charge in [-0.3, -0.25) is 4.79 Å². The van der Waals surface area contributed by atoms with Crippen LogP contribution in [0.15, 0.2) is 18.2 Å². The largest absolute Gasteiger partial charge is 0.479 e. The quantitative estimate of drug-likeness (QED) is 0.538. The van der Waals surface area contributed by atoms with Gasteiger partial charge in [-0.15, -0.1) is 0 Å². The number of morpholine rings is 2. The van der Waals surface area contributed by atoms with Crippen LogP contribution < -0.4 is 5.32 Å². The molecule has 14 heteroatoms. The zero-order chi connectivity index (χ0) is 30.3. The van der Waals surface area contributed by atoms with E-state index in [0.717, 1.165) is 6.07 Å². The molecule has 0 aromatic heterocycles. The number of nitrogens with one attached hydrogen (secondary N) is 1. The van der Waals surface area contributed by atoms with Gasteiger partial charge in [-0.25, -0.2) is 18.8 Å². The number of carbonyl (C=O) groups is 4. The van der Waals surface area contributed by atoms with Crippen LogP contribution in [-0.2, 0) is 28.5 Å². The van der Waals surface area contributed by atoms with Gasteiger partial charge < -0.3 is 39.2 Å². The monoisotopic (exact) mass is 589 g/mol. The minimum absolute atomic E-state index is 0.0296. The van der Waals surface area contributed by atoms with E-state index in [2.05, 4.69) is 5.32 Å². The highest BCUT2D eigenvalue weighted by molar-refractivity contribution is 6.30. The maximum Gasteiger partial charge on any atom is 0.410 e. The summed E-state index contributed by atoms with van der Waals surface area (Å²) in [7, 11) is 0. The third kappa shape index (κ3) is 11.1. The molecule has 0 saturated carbocycles. The Morgan fingerprint density at radius 2 is 1.40 bits per heavy atom. The molecule has 2 fully saturated rings. The number of hydrogen-bond acceptors (Lipinski definition) is 8. The molecule has 12 nitrogen and oxygen atoms in total. The molecule has 224 valence electrons. The standard InChI is InChI=1S/C16H20ClFN2O4.C10H17NO5/c1-16(2,3)24-15(22)20-6-7-23-13(9-20)14(21)19-10-4-5-11(17)12(18)8-10;1-10(2,3)16-9(14)11-4-5-15-7(6-11)8(12)13/h4-5,8,13H,6-7,9H2,1-3H3,(H,19,21);7H,4-6H2,1-3H3,(H,12,13). The van der Waals surface area contributed by atoms with Gasteiger partial charge in [0.1, 0.15) is 17.0 Å². The van der Waals surface area contributed by atoms with Gasteiger partial charge in [0.25, 0.3) is 5.91 Å². The summed E-state index contributed by atoms with van der Waals surface area (Å²) in [5.41, 5.74) is -0.929. The fraction of sp³-hybridized carbons (Fsp3) is 0.615. The molecule has 2 aliphatic rings. The number of ether oxygens (including phenoxy) is 4. The zero-order valence-corrected chi connectivity index (χ0v) is 24.2. The molecular weight excluding hydrogens is 553 g/mol. The molecule has 0 spiro atoms. The molecular formula is C26H37ClFN3O9. The van der Waals surface area contributed by atoms with E-state index < -0.39 is 53.3 Å². The van der Waals surface area contributed by atoms with E-state index in [0.29, 0.717) is 13.1 Å². The number of aliphatic carboxylic acids is 1. The van der Waals surface area contributed by atoms with E-state index in [1.807, 2.05) is 0 Å². The van der Waals surface area contributed by atoms with Crippen molar-refractivity contribution in [2.24, 2.45) is 0 Å². The van der Waals surface area contributed by atoms with Crippen LogP contribution in [0.5, 0.6) is 0 Å². The summed E-state index contributed by atoms with van der Waals surface area (Å²) in [6.45, 7) is 11.8. The summed E-state index contributed by atoms with van der Waals surface area (Å²) in [5.74, 6) is -2.16. The van der Waals surface area contributed by atoms with E-state index >= 15 is 0 Å². The molecule has 2 N–H and O–H groups in total. The highest BCUT2D eigenvalue weighted by Gasteiger charge is 2.33. The average molecular weight is 590 g/mol. The predicted molar refractivity (Wildman–Crippen MR) is 143 cm³/mol. The molecule has 0 radical (unpaired) electrons. The summed E-state index contributed by atoms with van der Waals surface area (Å²) in [5, 5.41) is 11.3. The molecule has 1 aromatic carbocycles. The van der Waals surface area contributed by atoms with Gasteiger partial charge in [0.2, 0.25) is 0 Å². The molecule has 2 aliphatic heterocycles. The Bertz CT molecular complexity index is 1070. The summed E-state index contributed by atoms with van der Waals surface area (Å²) in [4.78, 5) is 49.4. The molecule has 1 aromatic rings. The van der Waals surface area contributed by atoms with Crippen LogP contribution in [0, 0.1) is 5.82 Å². The van der Waals surface area contributed by atoms with Crippen molar-refractivity contribution in [3.8, 4) is 0 Å². The van der Waals surface area contributed by atoms with E-state index in [-0.39, 0.29) is 37.0 Å². The first-order valence-corrected chi connectivity index (χ1v) is 13.0. The minimum atomic E-state index is -1.06. The number of amides is 3. The Kier molecular flexibility index (Phi) is 11.5. The maximum atomic E-state index is 13.4. The SMILES string of the molecule is CC(C)(C)OC(=O)N1CCOC(C(=O)Nc2ccc(Cl)c(F)c2)C1.CC(C)(C)OC(=O)N1CCOC(C(=O)O)C1. The van der Waals surface area contributed by atoms with Gasteiger partial charge >= 0.3 is 18.2 Å². The van der Waals surface area contributed by atoms with Gasteiger partial charge in [0.15, 0.2) is 12.2 Å². The topological polar surface area (TPSA) is 144 Å². The number of rotatable bonds is 3. The lowest BCUT2D eigenvalue weighted by Crippen LogP contribution is -2.51. The molecule has 2 saturated heterocycles. The van der Waals surface area contributed by atoms with Gasteiger partial charge in [-0.05, 0) is 59.7 Å². The number of carboxylic acid groups (broad SMARTS) is 1. The second-order valence-electron chi connectivity index (χ2n) is 11.0. The zero-order valence-electron chi connectivity index (χ0n) is 23.5. The number of carbonyl (C=O) groups excluding carboxylic acids is 3. The fourth-order valence-corrected chi connectivity index (χ4v) is 3.51. The Morgan fingerprint density at radius 3 is 1.85 bits per heavy atom. The molecule has 0 bridgehead atoms. The molecule has 3 rings (SSSR count). The first kappa shape index (κ1) is 33.0. The maximum absolute atomic E-state index is 13.4. The van der Waals surface area contributed by atoms with Crippen molar-refractivity contribution in [2.45, 2.75) is 65.0 Å². The van der Waals surface area contributed by atoms with Crippen LogP contribution in [0.1, 0.15) is 41.5 Å². The molecule has 2 atom stereocenters. The van der Waals surface area contributed by atoms with E-state index in [9.17, 15) is 23.6 Å².